The van der Waals surface area contributed by atoms with E-state index in [2.05, 4.69) is 6.07 Å². The molecule has 2 atom stereocenters. The molecule has 0 aliphatic rings. The zero-order valence-electron chi connectivity index (χ0n) is 8.22. The van der Waals surface area contributed by atoms with Crippen molar-refractivity contribution >= 4 is 17.4 Å². The molecule has 0 saturated carbocycles. The Morgan fingerprint density at radius 3 is 2.62 bits per heavy atom. The molecule has 0 fully saturated rings. The van der Waals surface area contributed by atoms with Crippen LogP contribution in [0.2, 0.25) is 0 Å². The summed E-state index contributed by atoms with van der Waals surface area (Å²) in [6, 6.07) is 2.15. The molecule has 13 heavy (non-hydrogen) atoms. The maximum atomic E-state index is 11.1. The van der Waals surface area contributed by atoms with E-state index in [-0.39, 0.29) is 17.1 Å². The van der Waals surface area contributed by atoms with Crippen LogP contribution in [-0.2, 0) is 4.79 Å². The summed E-state index contributed by atoms with van der Waals surface area (Å²) in [5.74, 6) is 0.173. The number of ketones is 1. The highest BCUT2D eigenvalue weighted by molar-refractivity contribution is 6.31. The maximum absolute atomic E-state index is 11.1. The minimum atomic E-state index is -0.351. The number of Topliss-reactive ketones (excluding diaryl/α,β-unsaturated/α-hetero) is 1. The fourth-order valence-corrected chi connectivity index (χ4v) is 1.36. The van der Waals surface area contributed by atoms with E-state index in [1.54, 1.807) is 0 Å². The molecule has 0 rings (SSSR count). The summed E-state index contributed by atoms with van der Waals surface area (Å²) in [6.07, 6.45) is 2.88. The van der Waals surface area contributed by atoms with E-state index in [0.29, 0.717) is 12.8 Å². The van der Waals surface area contributed by atoms with Crippen LogP contribution in [0.4, 0.5) is 0 Å². The molecular weight excluding hydrogens is 186 g/mol. The third-order valence-electron chi connectivity index (χ3n) is 2.01. The van der Waals surface area contributed by atoms with Crippen molar-refractivity contribution in [3.63, 3.8) is 0 Å². The Labute approximate surface area is 84.9 Å². The van der Waals surface area contributed by atoms with Crippen LogP contribution in [-0.4, -0.2) is 11.2 Å². The van der Waals surface area contributed by atoms with Crippen molar-refractivity contribution in [1.29, 1.82) is 5.26 Å². The quantitative estimate of drug-likeness (QED) is 0.620. The van der Waals surface area contributed by atoms with Crippen LogP contribution in [0.3, 0.4) is 0 Å². The van der Waals surface area contributed by atoms with Crippen LogP contribution < -0.4 is 0 Å². The van der Waals surface area contributed by atoms with Gasteiger partial charge >= 0.3 is 0 Å². The van der Waals surface area contributed by atoms with E-state index in [4.69, 9.17) is 16.9 Å². The fourth-order valence-electron chi connectivity index (χ4n) is 1.05. The molecule has 0 radical (unpaired) electrons. The Bertz CT molecular complexity index is 198. The number of hydrogen-bond donors (Lipinski definition) is 0. The third kappa shape index (κ3) is 5.65. The largest absolute Gasteiger partial charge is 0.298 e. The molecule has 0 heterocycles. The lowest BCUT2D eigenvalue weighted by Gasteiger charge is -2.06. The monoisotopic (exact) mass is 201 g/mol. The molecule has 74 valence electrons. The van der Waals surface area contributed by atoms with Gasteiger partial charge in [-0.05, 0) is 19.8 Å². The lowest BCUT2D eigenvalue weighted by Crippen LogP contribution is -2.13. The third-order valence-corrected chi connectivity index (χ3v) is 2.47. The van der Waals surface area contributed by atoms with Gasteiger partial charge in [-0.25, -0.2) is 0 Å². The molecule has 0 aliphatic carbocycles. The van der Waals surface area contributed by atoms with Crippen molar-refractivity contribution in [3.8, 4) is 6.07 Å². The van der Waals surface area contributed by atoms with Gasteiger partial charge in [0.15, 0.2) is 0 Å². The van der Waals surface area contributed by atoms with Crippen molar-refractivity contribution in [3.05, 3.63) is 0 Å². The minimum absolute atomic E-state index is 0.0700. The van der Waals surface area contributed by atoms with E-state index in [1.165, 1.54) is 0 Å². The van der Waals surface area contributed by atoms with Crippen LogP contribution in [0, 0.1) is 17.2 Å². The van der Waals surface area contributed by atoms with Crippen molar-refractivity contribution in [2.45, 2.75) is 44.9 Å². The molecule has 3 heteroatoms. The van der Waals surface area contributed by atoms with Crippen molar-refractivity contribution in [2.24, 2.45) is 5.92 Å². The SMILES string of the molecule is CCC(=O)C(Cl)CCCC(C)C#N. The zero-order chi connectivity index (χ0) is 10.3. The van der Waals surface area contributed by atoms with Crippen LogP contribution >= 0.6 is 11.6 Å². The molecule has 0 amide bonds. The normalized spacial score (nSPS) is 14.6. The summed E-state index contributed by atoms with van der Waals surface area (Å²) in [5, 5.41) is 8.15. The summed E-state index contributed by atoms with van der Waals surface area (Å²) in [5.41, 5.74) is 0. The first kappa shape index (κ1) is 12.4. The van der Waals surface area contributed by atoms with Gasteiger partial charge in [-0.15, -0.1) is 11.6 Å². The molecule has 0 aromatic carbocycles. The number of hydrogen-bond acceptors (Lipinski definition) is 2. The fraction of sp³-hybridized carbons (Fsp3) is 0.800. The second kappa shape index (κ2) is 6.91. The highest BCUT2D eigenvalue weighted by atomic mass is 35.5. The predicted octanol–water partition coefficient (Wildman–Crippen LogP) is 2.90. The topological polar surface area (TPSA) is 40.9 Å². The van der Waals surface area contributed by atoms with Gasteiger partial charge in [-0.3, -0.25) is 4.79 Å². The van der Waals surface area contributed by atoms with E-state index in [0.717, 1.165) is 12.8 Å². The van der Waals surface area contributed by atoms with Crippen molar-refractivity contribution in [1.82, 2.24) is 0 Å². The molecule has 0 saturated heterocycles. The zero-order valence-corrected chi connectivity index (χ0v) is 8.97. The number of carbonyl (C=O) groups excluding carboxylic acids is 1. The molecule has 0 spiro atoms. The maximum Gasteiger partial charge on any atom is 0.150 e. The molecule has 0 N–H and O–H groups in total. The Morgan fingerprint density at radius 1 is 1.54 bits per heavy atom. The Balaban J connectivity index is 3.54. The lowest BCUT2D eigenvalue weighted by molar-refractivity contribution is -0.118. The van der Waals surface area contributed by atoms with Crippen molar-refractivity contribution < 1.29 is 4.79 Å². The van der Waals surface area contributed by atoms with Gasteiger partial charge in [0.25, 0.3) is 0 Å². The van der Waals surface area contributed by atoms with Crippen LogP contribution in [0.5, 0.6) is 0 Å². The van der Waals surface area contributed by atoms with Gasteiger partial charge in [0, 0.05) is 12.3 Å². The number of nitriles is 1. The lowest BCUT2D eigenvalue weighted by atomic mass is 10.0. The Kier molecular flexibility index (Phi) is 6.62. The standard InChI is InChI=1S/C10H16ClNO/c1-3-10(13)9(11)6-4-5-8(2)7-12/h8-9H,3-6H2,1-2H3. The average Bonchev–Trinajstić information content (AvgIpc) is 2.15. The first-order valence-corrected chi connectivity index (χ1v) is 5.11. The molecule has 2 nitrogen and oxygen atoms in total. The Morgan fingerprint density at radius 2 is 2.15 bits per heavy atom. The molecule has 2 unspecified atom stereocenters. The highest BCUT2D eigenvalue weighted by Gasteiger charge is 2.12. The van der Waals surface area contributed by atoms with Gasteiger partial charge in [0.05, 0.1) is 11.4 Å². The van der Waals surface area contributed by atoms with Crippen molar-refractivity contribution in [2.75, 3.05) is 0 Å². The summed E-state index contributed by atoms with van der Waals surface area (Å²) < 4.78 is 0. The highest BCUT2D eigenvalue weighted by Crippen LogP contribution is 2.13. The van der Waals surface area contributed by atoms with E-state index >= 15 is 0 Å². The number of rotatable bonds is 6. The number of halogens is 1. The molecule has 0 aromatic rings. The second-order valence-electron chi connectivity index (χ2n) is 3.25. The Hall–Kier alpha value is -0.550. The summed E-state index contributed by atoms with van der Waals surface area (Å²) >= 11 is 5.83. The van der Waals surface area contributed by atoms with Gasteiger partial charge in [0.2, 0.25) is 0 Å². The number of alkyl halides is 1. The van der Waals surface area contributed by atoms with Crippen LogP contribution in [0.1, 0.15) is 39.5 Å². The summed E-state index contributed by atoms with van der Waals surface area (Å²) in [4.78, 5) is 11.1. The van der Waals surface area contributed by atoms with Gasteiger partial charge in [-0.2, -0.15) is 5.26 Å². The van der Waals surface area contributed by atoms with E-state index < -0.39 is 0 Å². The van der Waals surface area contributed by atoms with Crippen LogP contribution in [0.15, 0.2) is 0 Å². The molecule has 0 bridgehead atoms. The smallest absolute Gasteiger partial charge is 0.150 e. The number of carbonyl (C=O) groups is 1. The van der Waals surface area contributed by atoms with Crippen LogP contribution in [0.25, 0.3) is 0 Å². The van der Waals surface area contributed by atoms with Gasteiger partial charge in [0.1, 0.15) is 5.78 Å². The number of nitrogens with zero attached hydrogens (tertiary/aromatic N) is 1. The molecule has 0 aromatic heterocycles. The molecular formula is C10H16ClNO. The summed E-state index contributed by atoms with van der Waals surface area (Å²) in [7, 11) is 0. The van der Waals surface area contributed by atoms with Gasteiger partial charge in [-0.1, -0.05) is 13.3 Å². The van der Waals surface area contributed by atoms with E-state index in [9.17, 15) is 4.79 Å². The first-order valence-electron chi connectivity index (χ1n) is 4.68. The predicted molar refractivity (Wildman–Crippen MR) is 53.6 cm³/mol. The second-order valence-corrected chi connectivity index (χ2v) is 3.78. The molecule has 0 aliphatic heterocycles. The summed E-state index contributed by atoms with van der Waals surface area (Å²) in [6.45, 7) is 3.69. The van der Waals surface area contributed by atoms with Gasteiger partial charge < -0.3 is 0 Å². The average molecular weight is 202 g/mol. The first-order chi connectivity index (χ1) is 6.11. The van der Waals surface area contributed by atoms with E-state index in [1.807, 2.05) is 13.8 Å². The minimum Gasteiger partial charge on any atom is -0.298 e.